The summed E-state index contributed by atoms with van der Waals surface area (Å²) in [6.07, 6.45) is -3.56. The van der Waals surface area contributed by atoms with Gasteiger partial charge in [0, 0.05) is 42.3 Å². The van der Waals surface area contributed by atoms with E-state index in [1.807, 2.05) is 41.3 Å². The topological polar surface area (TPSA) is 36.4 Å². The molecule has 1 saturated heterocycles. The Morgan fingerprint density at radius 2 is 1.67 bits per heavy atom. The van der Waals surface area contributed by atoms with E-state index in [-0.39, 0.29) is 5.91 Å². The number of aromatic nitrogens is 1. The summed E-state index contributed by atoms with van der Waals surface area (Å²) in [5.41, 5.74) is 0.232. The number of hydrogen-bond acceptors (Lipinski definition) is 4. The van der Waals surface area contributed by atoms with Gasteiger partial charge in [-0.15, -0.1) is 11.3 Å². The summed E-state index contributed by atoms with van der Waals surface area (Å²) >= 11 is 7.35. The van der Waals surface area contributed by atoms with Crippen molar-refractivity contribution < 1.29 is 18.0 Å². The minimum Gasteiger partial charge on any atom is -0.353 e. The van der Waals surface area contributed by atoms with Crippen molar-refractivity contribution in [2.75, 3.05) is 31.1 Å². The summed E-state index contributed by atoms with van der Waals surface area (Å²) in [6, 6.07) is 13.6. The number of alkyl halides is 3. The number of piperazine rings is 1. The molecule has 156 valence electrons. The number of thiophene rings is 1. The fraction of sp³-hybridized carbons (Fsp3) is 0.238. The van der Waals surface area contributed by atoms with E-state index >= 15 is 0 Å². The lowest BCUT2D eigenvalue weighted by Gasteiger charge is -2.35. The fourth-order valence-corrected chi connectivity index (χ4v) is 4.36. The summed E-state index contributed by atoms with van der Waals surface area (Å²) in [7, 11) is 0. The van der Waals surface area contributed by atoms with E-state index < -0.39 is 11.7 Å². The highest BCUT2D eigenvalue weighted by Crippen LogP contribution is 2.31. The third-order valence-corrected chi connectivity index (χ3v) is 6.29. The van der Waals surface area contributed by atoms with Crippen LogP contribution in [0.15, 0.2) is 54.7 Å². The predicted octanol–water partition coefficient (Wildman–Crippen LogP) is 5.44. The van der Waals surface area contributed by atoms with E-state index in [4.69, 9.17) is 11.6 Å². The molecule has 2 aromatic heterocycles. The molecule has 0 radical (unpaired) electrons. The van der Waals surface area contributed by atoms with E-state index in [9.17, 15) is 18.0 Å². The standard InChI is InChI=1S/C21H17ClF3N3OS/c22-16-4-1-14(2-5-16)17-6-7-18(30-17)20(29)28-11-9-27(10-12-28)19-8-3-15(13-26-19)21(23,24)25/h1-8,13H,9-12H2. The van der Waals surface area contributed by atoms with Crippen LogP contribution in [0.3, 0.4) is 0 Å². The van der Waals surface area contributed by atoms with Crippen LogP contribution in [0.1, 0.15) is 15.2 Å². The first-order valence-corrected chi connectivity index (χ1v) is 10.4. The molecule has 30 heavy (non-hydrogen) atoms. The highest BCUT2D eigenvalue weighted by atomic mass is 35.5. The van der Waals surface area contributed by atoms with Gasteiger partial charge in [0.05, 0.1) is 10.4 Å². The molecule has 0 aliphatic carbocycles. The average Bonchev–Trinajstić information content (AvgIpc) is 3.24. The summed E-state index contributed by atoms with van der Waals surface area (Å²) < 4.78 is 38.1. The van der Waals surface area contributed by atoms with Crippen LogP contribution in [0.4, 0.5) is 19.0 Å². The van der Waals surface area contributed by atoms with Crippen molar-refractivity contribution in [3.8, 4) is 10.4 Å². The maximum Gasteiger partial charge on any atom is 0.417 e. The van der Waals surface area contributed by atoms with Crippen molar-refractivity contribution in [3.05, 3.63) is 70.2 Å². The lowest BCUT2D eigenvalue weighted by molar-refractivity contribution is -0.137. The third kappa shape index (κ3) is 4.44. The summed E-state index contributed by atoms with van der Waals surface area (Å²) in [5.74, 6) is 0.441. The van der Waals surface area contributed by atoms with Crippen molar-refractivity contribution in [1.29, 1.82) is 0 Å². The van der Waals surface area contributed by atoms with Crippen LogP contribution >= 0.6 is 22.9 Å². The zero-order chi connectivity index (χ0) is 21.3. The van der Waals surface area contributed by atoms with Crippen LogP contribution < -0.4 is 4.90 Å². The number of amides is 1. The molecule has 1 aliphatic heterocycles. The third-order valence-electron chi connectivity index (χ3n) is 4.91. The number of nitrogens with zero attached hydrogens (tertiary/aromatic N) is 3. The van der Waals surface area contributed by atoms with Gasteiger partial charge < -0.3 is 9.80 Å². The number of benzene rings is 1. The van der Waals surface area contributed by atoms with Gasteiger partial charge in [0.1, 0.15) is 5.82 Å². The zero-order valence-electron chi connectivity index (χ0n) is 15.7. The minimum absolute atomic E-state index is 0.0414. The molecule has 9 heteroatoms. The number of rotatable bonds is 3. The molecule has 0 atom stereocenters. The van der Waals surface area contributed by atoms with Gasteiger partial charge in [0.25, 0.3) is 5.91 Å². The van der Waals surface area contributed by atoms with Gasteiger partial charge in [-0.25, -0.2) is 4.98 Å². The molecule has 3 aromatic rings. The summed E-state index contributed by atoms with van der Waals surface area (Å²) in [5, 5.41) is 0.659. The molecule has 1 aromatic carbocycles. The van der Waals surface area contributed by atoms with Gasteiger partial charge in [0.15, 0.2) is 0 Å². The first kappa shape index (κ1) is 20.7. The summed E-state index contributed by atoms with van der Waals surface area (Å²) in [6.45, 7) is 1.99. The molecule has 1 amide bonds. The van der Waals surface area contributed by atoms with Crippen LogP contribution in [-0.2, 0) is 6.18 Å². The second kappa shape index (κ2) is 8.28. The van der Waals surface area contributed by atoms with Crippen LogP contribution in [0, 0.1) is 0 Å². The average molecular weight is 452 g/mol. The number of carbonyl (C=O) groups is 1. The van der Waals surface area contributed by atoms with E-state index in [0.29, 0.717) is 41.9 Å². The van der Waals surface area contributed by atoms with Crippen LogP contribution in [0.5, 0.6) is 0 Å². The monoisotopic (exact) mass is 451 g/mol. The second-order valence-corrected chi connectivity index (χ2v) is 8.37. The SMILES string of the molecule is O=C(c1ccc(-c2ccc(Cl)cc2)s1)N1CCN(c2ccc(C(F)(F)F)cn2)CC1. The molecule has 0 N–H and O–H groups in total. The molecule has 0 spiro atoms. The maximum absolute atomic E-state index is 12.9. The minimum atomic E-state index is -4.40. The molecule has 3 heterocycles. The molecule has 0 bridgehead atoms. The Balaban J connectivity index is 1.38. The van der Waals surface area contributed by atoms with Crippen molar-refractivity contribution in [2.45, 2.75) is 6.18 Å². The van der Waals surface area contributed by atoms with Crippen molar-refractivity contribution >= 4 is 34.7 Å². The number of carbonyl (C=O) groups excluding carboxylic acids is 1. The van der Waals surface area contributed by atoms with Crippen molar-refractivity contribution in [2.24, 2.45) is 0 Å². The molecular formula is C21H17ClF3N3OS. The van der Waals surface area contributed by atoms with E-state index in [2.05, 4.69) is 4.98 Å². The largest absolute Gasteiger partial charge is 0.417 e. The number of pyridine rings is 1. The number of anilines is 1. The fourth-order valence-electron chi connectivity index (χ4n) is 3.26. The number of halogens is 4. The molecule has 1 aliphatic rings. The van der Waals surface area contributed by atoms with Crippen molar-refractivity contribution in [3.63, 3.8) is 0 Å². The van der Waals surface area contributed by atoms with Crippen LogP contribution in [-0.4, -0.2) is 42.0 Å². The molecule has 0 saturated carbocycles. The van der Waals surface area contributed by atoms with Gasteiger partial charge in [-0.05, 0) is 42.0 Å². The molecule has 4 nitrogen and oxygen atoms in total. The van der Waals surface area contributed by atoms with Crippen LogP contribution in [0.2, 0.25) is 5.02 Å². The molecule has 4 rings (SSSR count). The van der Waals surface area contributed by atoms with E-state index in [0.717, 1.165) is 22.7 Å². The molecular weight excluding hydrogens is 435 g/mol. The lowest BCUT2D eigenvalue weighted by Crippen LogP contribution is -2.48. The first-order valence-electron chi connectivity index (χ1n) is 9.24. The number of hydrogen-bond donors (Lipinski definition) is 0. The van der Waals surface area contributed by atoms with Gasteiger partial charge in [-0.1, -0.05) is 23.7 Å². The first-order chi connectivity index (χ1) is 14.3. The van der Waals surface area contributed by atoms with Crippen LogP contribution in [0.25, 0.3) is 10.4 Å². The van der Waals surface area contributed by atoms with Gasteiger partial charge in [0.2, 0.25) is 0 Å². The van der Waals surface area contributed by atoms with E-state index in [1.165, 1.54) is 17.4 Å². The highest BCUT2D eigenvalue weighted by Gasteiger charge is 2.31. The lowest BCUT2D eigenvalue weighted by atomic mass is 10.2. The smallest absolute Gasteiger partial charge is 0.353 e. The summed E-state index contributed by atoms with van der Waals surface area (Å²) in [4.78, 5) is 22.1. The predicted molar refractivity (Wildman–Crippen MR) is 112 cm³/mol. The Morgan fingerprint density at radius 3 is 2.27 bits per heavy atom. The zero-order valence-corrected chi connectivity index (χ0v) is 17.3. The molecule has 0 unspecified atom stereocenters. The highest BCUT2D eigenvalue weighted by molar-refractivity contribution is 7.17. The Bertz CT molecular complexity index is 1030. The van der Waals surface area contributed by atoms with Gasteiger partial charge >= 0.3 is 6.18 Å². The Labute approximate surface area is 180 Å². The maximum atomic E-state index is 12.9. The van der Waals surface area contributed by atoms with Gasteiger partial charge in [-0.3, -0.25) is 4.79 Å². The quantitative estimate of drug-likeness (QED) is 0.531. The van der Waals surface area contributed by atoms with Gasteiger partial charge in [-0.2, -0.15) is 13.2 Å². The molecule has 1 fully saturated rings. The second-order valence-electron chi connectivity index (χ2n) is 6.85. The normalized spacial score (nSPS) is 14.8. The Morgan fingerprint density at radius 1 is 0.967 bits per heavy atom. The van der Waals surface area contributed by atoms with E-state index in [1.54, 1.807) is 4.90 Å². The Hall–Kier alpha value is -2.58. The van der Waals surface area contributed by atoms with Crippen molar-refractivity contribution in [1.82, 2.24) is 9.88 Å². The Kier molecular flexibility index (Phi) is 5.71.